The van der Waals surface area contributed by atoms with E-state index in [9.17, 15) is 4.79 Å². The van der Waals surface area contributed by atoms with Crippen LogP contribution in [0, 0.1) is 0 Å². The standard InChI is InChI=1S/C17H27N3O/c1-4-20(5-2)16-10-11-19(13-16)12-14-6-8-15(9-7-14)17(21)18-3/h6-9,16H,4-5,10-13H2,1-3H3,(H,18,21). The van der Waals surface area contributed by atoms with Gasteiger partial charge in [-0.25, -0.2) is 0 Å². The number of likely N-dealkylation sites (N-methyl/N-ethyl adjacent to an activating group) is 1. The molecule has 0 aromatic heterocycles. The summed E-state index contributed by atoms with van der Waals surface area (Å²) in [6.07, 6.45) is 1.26. The van der Waals surface area contributed by atoms with Gasteiger partial charge in [-0.2, -0.15) is 0 Å². The lowest BCUT2D eigenvalue weighted by Gasteiger charge is -2.26. The third-order valence-corrected chi connectivity index (χ3v) is 4.43. The first-order chi connectivity index (χ1) is 10.2. The summed E-state index contributed by atoms with van der Waals surface area (Å²) in [5, 5.41) is 2.65. The van der Waals surface area contributed by atoms with Crippen LogP contribution in [-0.2, 0) is 6.54 Å². The van der Waals surface area contributed by atoms with E-state index in [0.29, 0.717) is 6.04 Å². The van der Waals surface area contributed by atoms with Gasteiger partial charge in [0.15, 0.2) is 0 Å². The fourth-order valence-electron chi connectivity index (χ4n) is 3.16. The van der Waals surface area contributed by atoms with Crippen molar-refractivity contribution < 1.29 is 4.79 Å². The average Bonchev–Trinajstić information content (AvgIpc) is 2.97. The van der Waals surface area contributed by atoms with Gasteiger partial charge < -0.3 is 5.32 Å². The van der Waals surface area contributed by atoms with Gasteiger partial charge in [0.05, 0.1) is 0 Å². The van der Waals surface area contributed by atoms with Crippen LogP contribution in [-0.4, -0.2) is 55.0 Å². The van der Waals surface area contributed by atoms with Gasteiger partial charge in [-0.05, 0) is 37.2 Å². The summed E-state index contributed by atoms with van der Waals surface area (Å²) in [7, 11) is 1.66. The monoisotopic (exact) mass is 289 g/mol. The summed E-state index contributed by atoms with van der Waals surface area (Å²) < 4.78 is 0. The molecule has 1 unspecified atom stereocenters. The Morgan fingerprint density at radius 3 is 2.52 bits per heavy atom. The summed E-state index contributed by atoms with van der Waals surface area (Å²) in [5.41, 5.74) is 2.01. The van der Waals surface area contributed by atoms with Crippen molar-refractivity contribution in [1.29, 1.82) is 0 Å². The molecule has 1 saturated heterocycles. The molecule has 4 nitrogen and oxygen atoms in total. The van der Waals surface area contributed by atoms with Crippen molar-refractivity contribution in [3.8, 4) is 0 Å². The number of amides is 1. The maximum atomic E-state index is 11.5. The summed E-state index contributed by atoms with van der Waals surface area (Å²) in [5.74, 6) is -0.0238. The van der Waals surface area contributed by atoms with Crippen LogP contribution in [0.15, 0.2) is 24.3 Å². The van der Waals surface area contributed by atoms with E-state index in [1.165, 1.54) is 18.5 Å². The molecule has 1 amide bonds. The zero-order valence-corrected chi connectivity index (χ0v) is 13.4. The zero-order valence-electron chi connectivity index (χ0n) is 13.4. The van der Waals surface area contributed by atoms with Gasteiger partial charge in [-0.15, -0.1) is 0 Å². The van der Waals surface area contributed by atoms with Crippen molar-refractivity contribution in [3.05, 3.63) is 35.4 Å². The van der Waals surface area contributed by atoms with Crippen LogP contribution in [0.2, 0.25) is 0 Å². The highest BCUT2D eigenvalue weighted by molar-refractivity contribution is 5.93. The van der Waals surface area contributed by atoms with Crippen molar-refractivity contribution in [1.82, 2.24) is 15.1 Å². The Bertz CT molecular complexity index is 454. The highest BCUT2D eigenvalue weighted by atomic mass is 16.1. The summed E-state index contributed by atoms with van der Waals surface area (Å²) in [4.78, 5) is 16.6. The fourth-order valence-corrected chi connectivity index (χ4v) is 3.16. The minimum atomic E-state index is -0.0238. The largest absolute Gasteiger partial charge is 0.355 e. The van der Waals surface area contributed by atoms with E-state index >= 15 is 0 Å². The van der Waals surface area contributed by atoms with Crippen LogP contribution in [0.5, 0.6) is 0 Å². The van der Waals surface area contributed by atoms with Gasteiger partial charge in [0, 0.05) is 38.3 Å². The Hall–Kier alpha value is -1.39. The molecule has 1 aliphatic heterocycles. The van der Waals surface area contributed by atoms with E-state index in [1.807, 2.05) is 12.1 Å². The van der Waals surface area contributed by atoms with Crippen molar-refractivity contribution in [2.75, 3.05) is 33.2 Å². The minimum Gasteiger partial charge on any atom is -0.355 e. The van der Waals surface area contributed by atoms with Crippen molar-refractivity contribution in [3.63, 3.8) is 0 Å². The zero-order chi connectivity index (χ0) is 15.2. The molecule has 0 aliphatic carbocycles. The lowest BCUT2D eigenvalue weighted by Crippen LogP contribution is -2.37. The topological polar surface area (TPSA) is 35.6 Å². The highest BCUT2D eigenvalue weighted by Crippen LogP contribution is 2.18. The SMILES string of the molecule is CCN(CC)C1CCN(Cc2ccc(C(=O)NC)cc2)C1. The van der Waals surface area contributed by atoms with Crippen LogP contribution < -0.4 is 5.32 Å². The van der Waals surface area contributed by atoms with Crippen LogP contribution in [0.4, 0.5) is 0 Å². The summed E-state index contributed by atoms with van der Waals surface area (Å²) >= 11 is 0. The predicted octanol–water partition coefficient (Wildman–Crippen LogP) is 1.96. The Morgan fingerprint density at radius 2 is 1.95 bits per heavy atom. The molecule has 1 aliphatic rings. The molecule has 21 heavy (non-hydrogen) atoms. The molecule has 1 fully saturated rings. The average molecular weight is 289 g/mol. The number of nitrogens with one attached hydrogen (secondary N) is 1. The van der Waals surface area contributed by atoms with Gasteiger partial charge in [0.25, 0.3) is 5.91 Å². The molecule has 0 saturated carbocycles. The van der Waals surface area contributed by atoms with E-state index < -0.39 is 0 Å². The number of carbonyl (C=O) groups is 1. The van der Waals surface area contributed by atoms with E-state index in [1.54, 1.807) is 7.05 Å². The smallest absolute Gasteiger partial charge is 0.251 e. The minimum absolute atomic E-state index is 0.0238. The Morgan fingerprint density at radius 1 is 1.29 bits per heavy atom. The maximum absolute atomic E-state index is 11.5. The summed E-state index contributed by atoms with van der Waals surface area (Å²) in [6.45, 7) is 10.0. The second-order valence-corrected chi connectivity index (χ2v) is 5.67. The first-order valence-corrected chi connectivity index (χ1v) is 7.95. The van der Waals surface area contributed by atoms with E-state index in [0.717, 1.165) is 31.7 Å². The second-order valence-electron chi connectivity index (χ2n) is 5.67. The number of hydrogen-bond acceptors (Lipinski definition) is 3. The molecule has 0 spiro atoms. The molecular formula is C17H27N3O. The Labute approximate surface area is 128 Å². The molecule has 1 aromatic carbocycles. The van der Waals surface area contributed by atoms with Gasteiger partial charge in [0.2, 0.25) is 0 Å². The molecular weight excluding hydrogens is 262 g/mol. The third kappa shape index (κ3) is 4.05. The van der Waals surface area contributed by atoms with Crippen molar-refractivity contribution >= 4 is 5.91 Å². The van der Waals surface area contributed by atoms with Crippen molar-refractivity contribution in [2.45, 2.75) is 32.9 Å². The second kappa shape index (κ2) is 7.57. The number of nitrogens with zero attached hydrogens (tertiary/aromatic N) is 2. The molecule has 0 radical (unpaired) electrons. The predicted molar refractivity (Wildman–Crippen MR) is 86.4 cm³/mol. The van der Waals surface area contributed by atoms with Gasteiger partial charge in [-0.3, -0.25) is 14.6 Å². The van der Waals surface area contributed by atoms with Gasteiger partial charge in [0.1, 0.15) is 0 Å². The number of hydrogen-bond donors (Lipinski definition) is 1. The molecule has 1 N–H and O–H groups in total. The van der Waals surface area contributed by atoms with Gasteiger partial charge >= 0.3 is 0 Å². The molecule has 0 bridgehead atoms. The third-order valence-electron chi connectivity index (χ3n) is 4.43. The van der Waals surface area contributed by atoms with Crippen LogP contribution in [0.25, 0.3) is 0 Å². The Balaban J connectivity index is 1.90. The number of rotatable bonds is 6. The molecule has 1 aromatic rings. The molecule has 116 valence electrons. The Kier molecular flexibility index (Phi) is 5.76. The molecule has 1 heterocycles. The van der Waals surface area contributed by atoms with Crippen LogP contribution in [0.3, 0.4) is 0 Å². The normalized spacial score (nSPS) is 19.1. The first kappa shape index (κ1) is 16.0. The summed E-state index contributed by atoms with van der Waals surface area (Å²) in [6, 6.07) is 8.65. The van der Waals surface area contributed by atoms with E-state index in [2.05, 4.69) is 41.1 Å². The number of benzene rings is 1. The molecule has 2 rings (SSSR count). The fraction of sp³-hybridized carbons (Fsp3) is 0.588. The molecule has 1 atom stereocenters. The van der Waals surface area contributed by atoms with Crippen LogP contribution >= 0.6 is 0 Å². The highest BCUT2D eigenvalue weighted by Gasteiger charge is 2.25. The molecule has 4 heteroatoms. The number of carbonyl (C=O) groups excluding carboxylic acids is 1. The van der Waals surface area contributed by atoms with E-state index in [-0.39, 0.29) is 5.91 Å². The maximum Gasteiger partial charge on any atom is 0.251 e. The van der Waals surface area contributed by atoms with Gasteiger partial charge in [-0.1, -0.05) is 26.0 Å². The lowest BCUT2D eigenvalue weighted by atomic mass is 10.1. The van der Waals surface area contributed by atoms with E-state index in [4.69, 9.17) is 0 Å². The lowest BCUT2D eigenvalue weighted by molar-refractivity contribution is 0.0963. The number of likely N-dealkylation sites (tertiary alicyclic amines) is 1. The quantitative estimate of drug-likeness (QED) is 0.869. The first-order valence-electron chi connectivity index (χ1n) is 7.95. The van der Waals surface area contributed by atoms with Crippen LogP contribution in [0.1, 0.15) is 36.2 Å². The van der Waals surface area contributed by atoms with Crippen molar-refractivity contribution in [2.24, 2.45) is 0 Å².